The molecule has 3 rings (SSSR count). The van der Waals surface area contributed by atoms with Crippen LogP contribution in [0.5, 0.6) is 11.5 Å². The lowest BCUT2D eigenvalue weighted by atomic mass is 10.0. The Morgan fingerprint density at radius 2 is 1.77 bits per heavy atom. The zero-order chi connectivity index (χ0) is 21.3. The first-order valence-corrected chi connectivity index (χ1v) is 10.2. The van der Waals surface area contributed by atoms with Gasteiger partial charge < -0.3 is 24.4 Å². The number of benzene rings is 2. The molecule has 1 aliphatic rings. The normalized spacial score (nSPS) is 15.3. The van der Waals surface area contributed by atoms with Gasteiger partial charge in [-0.3, -0.25) is 9.69 Å². The summed E-state index contributed by atoms with van der Waals surface area (Å²) in [7, 11) is 5.63. The molecule has 0 aromatic heterocycles. The number of ether oxygens (including phenoxy) is 3. The number of methoxy groups -OCH3 is 1. The monoisotopic (exact) mass is 413 g/mol. The molecule has 7 heteroatoms. The van der Waals surface area contributed by atoms with Crippen LogP contribution < -0.4 is 19.7 Å². The zero-order valence-corrected chi connectivity index (χ0v) is 18.0. The Balaban J connectivity index is 1.62. The maximum absolute atomic E-state index is 12.5. The van der Waals surface area contributed by atoms with E-state index >= 15 is 0 Å². The molecule has 0 radical (unpaired) electrons. The van der Waals surface area contributed by atoms with Crippen LogP contribution in [0, 0.1) is 0 Å². The molecule has 162 valence electrons. The summed E-state index contributed by atoms with van der Waals surface area (Å²) in [5, 5.41) is 3.03. The smallest absolute Gasteiger partial charge is 0.258 e. The van der Waals surface area contributed by atoms with Crippen LogP contribution in [-0.4, -0.2) is 71.5 Å². The van der Waals surface area contributed by atoms with E-state index in [9.17, 15) is 4.79 Å². The molecule has 1 amide bonds. The molecular formula is C23H31N3O4. The summed E-state index contributed by atoms with van der Waals surface area (Å²) in [6.45, 7) is 3.54. The highest BCUT2D eigenvalue weighted by Gasteiger charge is 2.23. The summed E-state index contributed by atoms with van der Waals surface area (Å²) < 4.78 is 16.4. The van der Waals surface area contributed by atoms with E-state index in [1.54, 1.807) is 19.2 Å². The summed E-state index contributed by atoms with van der Waals surface area (Å²) in [5.74, 6) is 1.00. The van der Waals surface area contributed by atoms with Crippen molar-refractivity contribution in [3.63, 3.8) is 0 Å². The topological polar surface area (TPSA) is 63.3 Å². The Kier molecular flexibility index (Phi) is 7.93. The largest absolute Gasteiger partial charge is 0.493 e. The molecule has 1 heterocycles. The number of morpholine rings is 1. The van der Waals surface area contributed by atoms with E-state index in [0.29, 0.717) is 31.3 Å². The Labute approximate surface area is 178 Å². The fourth-order valence-corrected chi connectivity index (χ4v) is 3.48. The third-order valence-electron chi connectivity index (χ3n) is 5.20. The molecule has 0 aliphatic carbocycles. The van der Waals surface area contributed by atoms with Crippen LogP contribution in [0.25, 0.3) is 0 Å². The van der Waals surface area contributed by atoms with Crippen molar-refractivity contribution in [3.8, 4) is 11.5 Å². The number of hydrogen-bond donors (Lipinski definition) is 1. The number of nitrogens with zero attached hydrogens (tertiary/aromatic N) is 2. The molecule has 30 heavy (non-hydrogen) atoms. The van der Waals surface area contributed by atoms with Gasteiger partial charge in [0.1, 0.15) is 0 Å². The van der Waals surface area contributed by atoms with Gasteiger partial charge in [-0.25, -0.2) is 0 Å². The number of nitrogens with one attached hydrogen (secondary N) is 1. The summed E-state index contributed by atoms with van der Waals surface area (Å²) >= 11 is 0. The van der Waals surface area contributed by atoms with Crippen LogP contribution >= 0.6 is 0 Å². The Morgan fingerprint density at radius 3 is 2.40 bits per heavy atom. The third-order valence-corrected chi connectivity index (χ3v) is 5.20. The number of hydrogen-bond acceptors (Lipinski definition) is 6. The van der Waals surface area contributed by atoms with Gasteiger partial charge in [0, 0.05) is 39.4 Å². The molecule has 1 N–H and O–H groups in total. The molecule has 2 aromatic carbocycles. The van der Waals surface area contributed by atoms with E-state index in [2.05, 4.69) is 39.4 Å². The van der Waals surface area contributed by atoms with Crippen molar-refractivity contribution in [2.24, 2.45) is 0 Å². The molecule has 2 aromatic rings. The minimum absolute atomic E-state index is 0.0598. The summed E-state index contributed by atoms with van der Waals surface area (Å²) in [6, 6.07) is 15.9. The van der Waals surface area contributed by atoms with Gasteiger partial charge in [-0.2, -0.15) is 0 Å². The SMILES string of the molecule is COc1ccccc1OCC(=O)NC[C@H](c1ccc(N(C)C)cc1)N1CCOCC1. The van der Waals surface area contributed by atoms with Crippen molar-refractivity contribution in [2.75, 3.05) is 65.6 Å². The van der Waals surface area contributed by atoms with Gasteiger partial charge in [0.25, 0.3) is 5.91 Å². The average Bonchev–Trinajstić information content (AvgIpc) is 2.79. The van der Waals surface area contributed by atoms with Gasteiger partial charge >= 0.3 is 0 Å². The zero-order valence-electron chi connectivity index (χ0n) is 18.0. The van der Waals surface area contributed by atoms with Gasteiger partial charge in [-0.05, 0) is 29.8 Å². The summed E-state index contributed by atoms with van der Waals surface area (Å²) in [4.78, 5) is 16.9. The summed E-state index contributed by atoms with van der Waals surface area (Å²) in [6.07, 6.45) is 0. The van der Waals surface area contributed by atoms with Gasteiger partial charge in [-0.1, -0.05) is 24.3 Å². The number of carbonyl (C=O) groups excluding carboxylic acids is 1. The van der Waals surface area contributed by atoms with E-state index < -0.39 is 0 Å². The maximum atomic E-state index is 12.5. The molecule has 0 bridgehead atoms. The highest BCUT2D eigenvalue weighted by molar-refractivity contribution is 5.77. The molecule has 1 saturated heterocycles. The maximum Gasteiger partial charge on any atom is 0.258 e. The van der Waals surface area contributed by atoms with Gasteiger partial charge in [-0.15, -0.1) is 0 Å². The molecule has 1 fully saturated rings. The first-order chi connectivity index (χ1) is 14.6. The molecule has 0 spiro atoms. The molecule has 0 saturated carbocycles. The van der Waals surface area contributed by atoms with Crippen molar-refractivity contribution in [2.45, 2.75) is 6.04 Å². The predicted molar refractivity (Wildman–Crippen MR) is 117 cm³/mol. The van der Waals surface area contributed by atoms with Crippen molar-refractivity contribution in [1.29, 1.82) is 0 Å². The quantitative estimate of drug-likeness (QED) is 0.681. The first kappa shape index (κ1) is 21.9. The average molecular weight is 414 g/mol. The van der Waals surface area contributed by atoms with Crippen molar-refractivity contribution in [1.82, 2.24) is 10.2 Å². The molecule has 1 aliphatic heterocycles. The number of amides is 1. The van der Waals surface area contributed by atoms with Crippen molar-refractivity contribution in [3.05, 3.63) is 54.1 Å². The van der Waals surface area contributed by atoms with Gasteiger partial charge in [0.05, 0.1) is 26.4 Å². The van der Waals surface area contributed by atoms with E-state index in [1.807, 2.05) is 26.2 Å². The Bertz CT molecular complexity index is 804. The number of carbonyl (C=O) groups is 1. The highest BCUT2D eigenvalue weighted by atomic mass is 16.5. The van der Waals surface area contributed by atoms with Crippen LogP contribution in [0.2, 0.25) is 0 Å². The predicted octanol–water partition coefficient (Wildman–Crippen LogP) is 2.33. The van der Waals surface area contributed by atoms with Crippen LogP contribution in [0.3, 0.4) is 0 Å². The number of anilines is 1. The third kappa shape index (κ3) is 5.87. The standard InChI is InChI=1S/C23H31N3O4/c1-25(2)19-10-8-18(9-11-19)20(26-12-14-29-15-13-26)16-24-23(27)17-30-22-7-5-4-6-21(22)28-3/h4-11,20H,12-17H2,1-3H3,(H,24,27)/t20-/m1/s1. The number of rotatable bonds is 9. The van der Waals surface area contributed by atoms with Gasteiger partial charge in [0.15, 0.2) is 18.1 Å². The molecular weight excluding hydrogens is 382 g/mol. The van der Waals surface area contributed by atoms with E-state index in [-0.39, 0.29) is 18.6 Å². The number of para-hydroxylation sites is 2. The van der Waals surface area contributed by atoms with E-state index in [0.717, 1.165) is 18.8 Å². The Morgan fingerprint density at radius 1 is 1.10 bits per heavy atom. The summed E-state index contributed by atoms with van der Waals surface area (Å²) in [5.41, 5.74) is 2.32. The second-order valence-corrected chi connectivity index (χ2v) is 7.39. The highest BCUT2D eigenvalue weighted by Crippen LogP contribution is 2.26. The lowest BCUT2D eigenvalue weighted by molar-refractivity contribution is -0.123. The second-order valence-electron chi connectivity index (χ2n) is 7.39. The van der Waals surface area contributed by atoms with E-state index in [1.165, 1.54) is 5.56 Å². The Hall–Kier alpha value is -2.77. The van der Waals surface area contributed by atoms with Crippen molar-refractivity contribution < 1.29 is 19.0 Å². The van der Waals surface area contributed by atoms with Gasteiger partial charge in [0.2, 0.25) is 0 Å². The molecule has 7 nitrogen and oxygen atoms in total. The lowest BCUT2D eigenvalue weighted by Gasteiger charge is -2.35. The first-order valence-electron chi connectivity index (χ1n) is 10.2. The fourth-order valence-electron chi connectivity index (χ4n) is 3.48. The minimum Gasteiger partial charge on any atom is -0.493 e. The van der Waals surface area contributed by atoms with Crippen LogP contribution in [0.1, 0.15) is 11.6 Å². The van der Waals surface area contributed by atoms with Crippen LogP contribution in [0.15, 0.2) is 48.5 Å². The lowest BCUT2D eigenvalue weighted by Crippen LogP contribution is -2.44. The molecule has 1 atom stereocenters. The fraction of sp³-hybridized carbons (Fsp3) is 0.435. The van der Waals surface area contributed by atoms with E-state index in [4.69, 9.17) is 14.2 Å². The van der Waals surface area contributed by atoms with Crippen molar-refractivity contribution >= 4 is 11.6 Å². The van der Waals surface area contributed by atoms with Crippen LogP contribution in [0.4, 0.5) is 5.69 Å². The molecule has 0 unspecified atom stereocenters. The van der Waals surface area contributed by atoms with Crippen LogP contribution in [-0.2, 0) is 9.53 Å². The minimum atomic E-state index is -0.163. The second kappa shape index (κ2) is 10.8.